The van der Waals surface area contributed by atoms with Crippen molar-refractivity contribution in [3.63, 3.8) is 0 Å². The van der Waals surface area contributed by atoms with Crippen LogP contribution >= 0.6 is 0 Å². The second-order valence-corrected chi connectivity index (χ2v) is 7.77. The molecular weight excluding hydrogens is 408 g/mol. The van der Waals surface area contributed by atoms with E-state index in [2.05, 4.69) is 34.6 Å². The summed E-state index contributed by atoms with van der Waals surface area (Å²) >= 11 is 0. The summed E-state index contributed by atoms with van der Waals surface area (Å²) < 4.78 is 5.46. The average Bonchev–Trinajstić information content (AvgIpc) is 3.16. The summed E-state index contributed by atoms with van der Waals surface area (Å²) in [6, 6.07) is 21.1. The first-order valence-electron chi connectivity index (χ1n) is 10.6. The van der Waals surface area contributed by atoms with Gasteiger partial charge < -0.3 is 25.4 Å². The number of benzene rings is 2. The number of nitrogens with zero attached hydrogens (tertiary/aromatic N) is 1. The molecule has 0 spiro atoms. The van der Waals surface area contributed by atoms with Crippen molar-refractivity contribution in [3.8, 4) is 11.1 Å². The smallest absolute Gasteiger partial charge is 0.407 e. The number of hydrogen-bond acceptors (Lipinski definition) is 6. The molecule has 0 fully saturated rings. The molecule has 1 aliphatic rings. The standard InChI is InChI=1S/C25H26N2O5/c28-14-16-6-5-11-22(27-16)24(30)23(29)12-13-26-25(31)32-15-21-19-9-3-1-7-17(19)18-8-2-4-10-20(18)21/h1-11,21,23-24,28-30H,12-15H2,(H,26,31). The lowest BCUT2D eigenvalue weighted by Gasteiger charge is -2.18. The second kappa shape index (κ2) is 9.91. The Balaban J connectivity index is 1.28. The van der Waals surface area contributed by atoms with Crippen molar-refractivity contribution in [1.29, 1.82) is 0 Å². The predicted molar refractivity (Wildman–Crippen MR) is 119 cm³/mol. The highest BCUT2D eigenvalue weighted by atomic mass is 16.5. The third-order valence-electron chi connectivity index (χ3n) is 5.71. The molecule has 166 valence electrons. The van der Waals surface area contributed by atoms with Gasteiger partial charge in [-0.2, -0.15) is 0 Å². The number of ether oxygens (including phenoxy) is 1. The van der Waals surface area contributed by atoms with Gasteiger partial charge in [0, 0.05) is 12.5 Å². The van der Waals surface area contributed by atoms with Crippen molar-refractivity contribution in [2.24, 2.45) is 0 Å². The summed E-state index contributed by atoms with van der Waals surface area (Å²) in [5.41, 5.74) is 5.27. The molecule has 32 heavy (non-hydrogen) atoms. The molecule has 0 bridgehead atoms. The van der Waals surface area contributed by atoms with Crippen LogP contribution in [0, 0.1) is 0 Å². The quantitative estimate of drug-likeness (QED) is 0.434. The monoisotopic (exact) mass is 434 g/mol. The molecule has 0 saturated carbocycles. The summed E-state index contributed by atoms with van der Waals surface area (Å²) in [4.78, 5) is 16.3. The zero-order valence-corrected chi connectivity index (χ0v) is 17.5. The fourth-order valence-electron chi connectivity index (χ4n) is 4.08. The minimum atomic E-state index is -1.22. The van der Waals surface area contributed by atoms with Gasteiger partial charge in [0.2, 0.25) is 0 Å². The number of fused-ring (bicyclic) bond motifs is 3. The van der Waals surface area contributed by atoms with Crippen molar-refractivity contribution in [3.05, 3.63) is 89.2 Å². The lowest BCUT2D eigenvalue weighted by molar-refractivity contribution is 0.0110. The maximum atomic E-state index is 12.2. The molecule has 3 aromatic rings. The first-order valence-corrected chi connectivity index (χ1v) is 10.6. The molecule has 2 atom stereocenters. The van der Waals surface area contributed by atoms with Crippen LogP contribution in [0.15, 0.2) is 66.7 Å². The molecule has 1 aliphatic carbocycles. The Morgan fingerprint density at radius 2 is 1.62 bits per heavy atom. The molecule has 2 unspecified atom stereocenters. The summed E-state index contributed by atoms with van der Waals surface area (Å²) in [5, 5.41) is 32.3. The minimum Gasteiger partial charge on any atom is -0.449 e. The maximum absolute atomic E-state index is 12.2. The van der Waals surface area contributed by atoms with Crippen molar-refractivity contribution < 1.29 is 24.9 Å². The van der Waals surface area contributed by atoms with Gasteiger partial charge in [-0.1, -0.05) is 54.6 Å². The number of carbonyl (C=O) groups is 1. The van der Waals surface area contributed by atoms with E-state index in [1.54, 1.807) is 18.2 Å². The van der Waals surface area contributed by atoms with Crippen LogP contribution in [0.3, 0.4) is 0 Å². The van der Waals surface area contributed by atoms with Gasteiger partial charge in [-0.3, -0.25) is 4.98 Å². The van der Waals surface area contributed by atoms with E-state index in [0.29, 0.717) is 5.69 Å². The number of amides is 1. The van der Waals surface area contributed by atoms with E-state index < -0.39 is 18.3 Å². The largest absolute Gasteiger partial charge is 0.449 e. The number of aliphatic hydroxyl groups is 3. The number of carbonyl (C=O) groups excluding carboxylic acids is 1. The Labute approximate surface area is 186 Å². The van der Waals surface area contributed by atoms with Gasteiger partial charge in [0.05, 0.1) is 24.1 Å². The number of pyridine rings is 1. The third kappa shape index (κ3) is 4.65. The SMILES string of the molecule is O=C(NCCC(O)C(O)c1cccc(CO)n1)OCC1c2ccccc2-c2ccccc21. The normalized spacial score (nSPS) is 14.3. The molecule has 1 heterocycles. The molecule has 0 aliphatic heterocycles. The van der Waals surface area contributed by atoms with Crippen molar-refractivity contribution in [2.75, 3.05) is 13.2 Å². The Kier molecular flexibility index (Phi) is 6.80. The van der Waals surface area contributed by atoms with Gasteiger partial charge in [-0.05, 0) is 40.8 Å². The molecule has 1 aromatic heterocycles. The van der Waals surface area contributed by atoms with E-state index in [4.69, 9.17) is 9.84 Å². The Hall–Kier alpha value is -3.26. The van der Waals surface area contributed by atoms with Gasteiger partial charge in [-0.25, -0.2) is 4.79 Å². The van der Waals surface area contributed by atoms with Crippen LogP contribution in [-0.4, -0.2) is 45.7 Å². The Morgan fingerprint density at radius 1 is 0.969 bits per heavy atom. The van der Waals surface area contributed by atoms with Gasteiger partial charge >= 0.3 is 6.09 Å². The molecule has 0 saturated heterocycles. The van der Waals surface area contributed by atoms with Crippen LogP contribution in [0.2, 0.25) is 0 Å². The van der Waals surface area contributed by atoms with Gasteiger partial charge in [0.25, 0.3) is 0 Å². The number of aromatic nitrogens is 1. The van der Waals surface area contributed by atoms with E-state index in [1.807, 2.05) is 24.3 Å². The molecule has 7 nitrogen and oxygen atoms in total. The fraction of sp³-hybridized carbons (Fsp3) is 0.280. The number of rotatable bonds is 8. The second-order valence-electron chi connectivity index (χ2n) is 7.77. The van der Waals surface area contributed by atoms with Crippen molar-refractivity contribution >= 4 is 6.09 Å². The van der Waals surface area contributed by atoms with Crippen LogP contribution in [-0.2, 0) is 11.3 Å². The van der Waals surface area contributed by atoms with Gasteiger partial charge in [-0.15, -0.1) is 0 Å². The highest BCUT2D eigenvalue weighted by Crippen LogP contribution is 2.44. The van der Waals surface area contributed by atoms with Gasteiger partial charge in [0.15, 0.2) is 0 Å². The zero-order chi connectivity index (χ0) is 22.5. The molecule has 2 aromatic carbocycles. The number of aliphatic hydroxyl groups excluding tert-OH is 3. The van der Waals surface area contributed by atoms with Crippen molar-refractivity contribution in [1.82, 2.24) is 10.3 Å². The molecule has 4 rings (SSSR count). The lowest BCUT2D eigenvalue weighted by atomic mass is 9.98. The number of nitrogens with one attached hydrogen (secondary N) is 1. The zero-order valence-electron chi connectivity index (χ0n) is 17.5. The maximum Gasteiger partial charge on any atom is 0.407 e. The average molecular weight is 434 g/mol. The van der Waals surface area contributed by atoms with Crippen LogP contribution in [0.5, 0.6) is 0 Å². The summed E-state index contributed by atoms with van der Waals surface area (Å²) in [5.74, 6) is -0.0227. The van der Waals surface area contributed by atoms with E-state index >= 15 is 0 Å². The molecule has 1 amide bonds. The molecule has 7 heteroatoms. The summed E-state index contributed by atoms with van der Waals surface area (Å²) in [7, 11) is 0. The first kappa shape index (κ1) is 22.0. The van der Waals surface area contributed by atoms with E-state index in [1.165, 1.54) is 0 Å². The summed E-state index contributed by atoms with van der Waals surface area (Å²) in [6.07, 6.45) is -2.79. The van der Waals surface area contributed by atoms with E-state index in [0.717, 1.165) is 22.3 Å². The third-order valence-corrected chi connectivity index (χ3v) is 5.71. The fourth-order valence-corrected chi connectivity index (χ4v) is 4.08. The molecule has 4 N–H and O–H groups in total. The van der Waals surface area contributed by atoms with Crippen molar-refractivity contribution in [2.45, 2.75) is 31.2 Å². The topological polar surface area (TPSA) is 112 Å². The number of alkyl carbamates (subject to hydrolysis) is 1. The van der Waals surface area contributed by atoms with E-state index in [-0.39, 0.29) is 37.8 Å². The highest BCUT2D eigenvalue weighted by Gasteiger charge is 2.29. The Bertz CT molecular complexity index is 1040. The van der Waals surface area contributed by atoms with Crippen LogP contribution < -0.4 is 5.32 Å². The van der Waals surface area contributed by atoms with Crippen LogP contribution in [0.1, 0.15) is 41.0 Å². The first-order chi connectivity index (χ1) is 15.6. The minimum absolute atomic E-state index is 0.0227. The van der Waals surface area contributed by atoms with E-state index in [9.17, 15) is 15.0 Å². The Morgan fingerprint density at radius 3 is 2.28 bits per heavy atom. The lowest BCUT2D eigenvalue weighted by Crippen LogP contribution is -2.31. The highest BCUT2D eigenvalue weighted by molar-refractivity contribution is 5.79. The molecular formula is C25H26N2O5. The van der Waals surface area contributed by atoms with Crippen LogP contribution in [0.25, 0.3) is 11.1 Å². The van der Waals surface area contributed by atoms with Gasteiger partial charge in [0.1, 0.15) is 12.7 Å². The number of hydrogen-bond donors (Lipinski definition) is 4. The van der Waals surface area contributed by atoms with Crippen LogP contribution in [0.4, 0.5) is 4.79 Å². The predicted octanol–water partition coefficient (Wildman–Crippen LogP) is 2.90. The summed E-state index contributed by atoms with van der Waals surface area (Å²) in [6.45, 7) is 0.0947. The molecule has 0 radical (unpaired) electrons.